The molecule has 0 aliphatic rings. The highest BCUT2D eigenvalue weighted by Crippen LogP contribution is 2.28. The molecule has 2 aromatic rings. The molecule has 0 bridgehead atoms. The van der Waals surface area contributed by atoms with Crippen molar-refractivity contribution in [2.24, 2.45) is 0 Å². The Balaban J connectivity index is 2.36. The van der Waals surface area contributed by atoms with E-state index in [9.17, 15) is 0 Å². The summed E-state index contributed by atoms with van der Waals surface area (Å²) in [6.45, 7) is 4.60. The first-order chi connectivity index (χ1) is 7.83. The molecule has 0 fully saturated rings. The Morgan fingerprint density at radius 1 is 1.00 bits per heavy atom. The van der Waals surface area contributed by atoms with Crippen molar-refractivity contribution in [1.29, 1.82) is 0 Å². The van der Waals surface area contributed by atoms with Gasteiger partial charge in [-0.25, -0.2) is 0 Å². The lowest BCUT2D eigenvalue weighted by Crippen LogP contribution is -1.94. The highest BCUT2D eigenvalue weighted by Gasteiger charge is 2.07. The van der Waals surface area contributed by atoms with Crippen LogP contribution in [-0.2, 0) is 0 Å². The average Bonchev–Trinajstić information content (AvgIpc) is 2.35. The predicted molar refractivity (Wildman–Crippen MR) is 71.9 cm³/mol. The maximum atomic E-state index is 2.34. The van der Waals surface area contributed by atoms with Gasteiger partial charge in [0.05, 0.1) is 0 Å². The van der Waals surface area contributed by atoms with Crippen LogP contribution < -0.4 is 0 Å². The minimum Gasteiger partial charge on any atom is -0.0654 e. The molecular formula is C16H20. The lowest BCUT2D eigenvalue weighted by atomic mass is 9.91. The van der Waals surface area contributed by atoms with Crippen molar-refractivity contribution in [3.63, 3.8) is 0 Å². The van der Waals surface area contributed by atoms with E-state index in [4.69, 9.17) is 0 Å². The summed E-state index contributed by atoms with van der Waals surface area (Å²) in [6.07, 6.45) is 3.91. The third-order valence-electron chi connectivity index (χ3n) is 3.34. The van der Waals surface area contributed by atoms with Gasteiger partial charge in [0.1, 0.15) is 0 Å². The first kappa shape index (κ1) is 11.2. The number of hydrogen-bond donors (Lipinski definition) is 0. The van der Waals surface area contributed by atoms with E-state index < -0.39 is 0 Å². The second-order valence-electron chi connectivity index (χ2n) is 4.61. The zero-order chi connectivity index (χ0) is 11.4. The molecule has 0 N–H and O–H groups in total. The van der Waals surface area contributed by atoms with Crippen LogP contribution in [0.4, 0.5) is 0 Å². The summed E-state index contributed by atoms with van der Waals surface area (Å²) in [5, 5.41) is 2.79. The van der Waals surface area contributed by atoms with Gasteiger partial charge in [0.15, 0.2) is 0 Å². The smallest absolute Gasteiger partial charge is 0.0149 e. The highest BCUT2D eigenvalue weighted by atomic mass is 14.1. The van der Waals surface area contributed by atoms with Crippen LogP contribution in [0.15, 0.2) is 42.5 Å². The van der Waals surface area contributed by atoms with Gasteiger partial charge in [0.2, 0.25) is 0 Å². The molecule has 0 saturated carbocycles. The number of hydrogen-bond acceptors (Lipinski definition) is 0. The molecule has 0 heteroatoms. The quantitative estimate of drug-likeness (QED) is 0.658. The molecule has 0 radical (unpaired) electrons. The summed E-state index contributed by atoms with van der Waals surface area (Å²) >= 11 is 0. The van der Waals surface area contributed by atoms with Gasteiger partial charge < -0.3 is 0 Å². The van der Waals surface area contributed by atoms with E-state index in [0.29, 0.717) is 5.92 Å². The van der Waals surface area contributed by atoms with Gasteiger partial charge >= 0.3 is 0 Å². The van der Waals surface area contributed by atoms with Crippen LogP contribution >= 0.6 is 0 Å². The van der Waals surface area contributed by atoms with E-state index in [2.05, 4.69) is 56.3 Å². The van der Waals surface area contributed by atoms with Crippen LogP contribution in [0.1, 0.15) is 44.6 Å². The molecule has 0 saturated heterocycles. The lowest BCUT2D eigenvalue weighted by molar-refractivity contribution is 0.627. The Hall–Kier alpha value is -1.30. The van der Waals surface area contributed by atoms with Crippen LogP contribution in [0.5, 0.6) is 0 Å². The lowest BCUT2D eigenvalue weighted by Gasteiger charge is -2.14. The minimum atomic E-state index is 0.672. The predicted octanol–water partition coefficient (Wildman–Crippen LogP) is 5.13. The zero-order valence-corrected chi connectivity index (χ0v) is 10.2. The fourth-order valence-corrected chi connectivity index (χ4v) is 2.35. The second kappa shape index (κ2) is 5.16. The number of unbranched alkanes of at least 4 members (excludes halogenated alkanes) is 1. The summed E-state index contributed by atoms with van der Waals surface area (Å²) in [4.78, 5) is 0. The molecule has 0 spiro atoms. The number of benzene rings is 2. The van der Waals surface area contributed by atoms with Crippen molar-refractivity contribution in [2.75, 3.05) is 0 Å². The fraction of sp³-hybridized carbons (Fsp3) is 0.375. The molecule has 1 unspecified atom stereocenters. The van der Waals surface area contributed by atoms with Gasteiger partial charge in [-0.15, -0.1) is 0 Å². The molecule has 16 heavy (non-hydrogen) atoms. The van der Waals surface area contributed by atoms with Gasteiger partial charge in [-0.05, 0) is 28.7 Å². The molecule has 2 aromatic carbocycles. The molecule has 0 aliphatic heterocycles. The van der Waals surface area contributed by atoms with E-state index in [1.54, 1.807) is 0 Å². The van der Waals surface area contributed by atoms with Gasteiger partial charge in [-0.2, -0.15) is 0 Å². The van der Waals surface area contributed by atoms with Crippen molar-refractivity contribution >= 4 is 10.8 Å². The van der Waals surface area contributed by atoms with Crippen LogP contribution in [0.3, 0.4) is 0 Å². The van der Waals surface area contributed by atoms with Crippen molar-refractivity contribution in [3.8, 4) is 0 Å². The molecule has 0 aromatic heterocycles. The highest BCUT2D eigenvalue weighted by molar-refractivity contribution is 5.86. The fourth-order valence-electron chi connectivity index (χ4n) is 2.35. The first-order valence-corrected chi connectivity index (χ1v) is 6.30. The van der Waals surface area contributed by atoms with Crippen molar-refractivity contribution in [2.45, 2.75) is 39.0 Å². The van der Waals surface area contributed by atoms with E-state index in [1.165, 1.54) is 35.6 Å². The van der Waals surface area contributed by atoms with Crippen LogP contribution in [0.2, 0.25) is 0 Å². The summed E-state index contributed by atoms with van der Waals surface area (Å²) in [5.41, 5.74) is 1.51. The number of rotatable bonds is 4. The first-order valence-electron chi connectivity index (χ1n) is 6.30. The van der Waals surface area contributed by atoms with Gasteiger partial charge in [-0.3, -0.25) is 0 Å². The Bertz CT molecular complexity index is 451. The normalized spacial score (nSPS) is 12.9. The second-order valence-corrected chi connectivity index (χ2v) is 4.61. The van der Waals surface area contributed by atoms with Crippen LogP contribution in [0.25, 0.3) is 10.8 Å². The molecular weight excluding hydrogens is 192 g/mol. The SMILES string of the molecule is CCCCC(C)c1cccc2ccccc12. The Morgan fingerprint density at radius 3 is 2.56 bits per heavy atom. The van der Waals surface area contributed by atoms with E-state index in [0.717, 1.165) is 0 Å². The third-order valence-corrected chi connectivity index (χ3v) is 3.34. The van der Waals surface area contributed by atoms with Gasteiger partial charge in [0, 0.05) is 0 Å². The maximum Gasteiger partial charge on any atom is -0.0149 e. The molecule has 1 atom stereocenters. The topological polar surface area (TPSA) is 0 Å². The molecule has 0 nitrogen and oxygen atoms in total. The maximum absolute atomic E-state index is 2.34. The molecule has 0 heterocycles. The van der Waals surface area contributed by atoms with Crippen molar-refractivity contribution in [3.05, 3.63) is 48.0 Å². The van der Waals surface area contributed by atoms with E-state index in [1.807, 2.05) is 0 Å². The summed E-state index contributed by atoms with van der Waals surface area (Å²) < 4.78 is 0. The third kappa shape index (κ3) is 2.27. The molecule has 84 valence electrons. The molecule has 2 rings (SSSR count). The largest absolute Gasteiger partial charge is 0.0654 e. The minimum absolute atomic E-state index is 0.672. The Kier molecular flexibility index (Phi) is 3.61. The molecule has 0 amide bonds. The van der Waals surface area contributed by atoms with E-state index in [-0.39, 0.29) is 0 Å². The summed E-state index contributed by atoms with van der Waals surface area (Å²) in [6, 6.07) is 15.4. The Morgan fingerprint density at radius 2 is 1.75 bits per heavy atom. The van der Waals surface area contributed by atoms with Crippen molar-refractivity contribution < 1.29 is 0 Å². The van der Waals surface area contributed by atoms with Crippen LogP contribution in [0, 0.1) is 0 Å². The summed E-state index contributed by atoms with van der Waals surface area (Å²) in [5.74, 6) is 0.672. The monoisotopic (exact) mass is 212 g/mol. The average molecular weight is 212 g/mol. The zero-order valence-electron chi connectivity index (χ0n) is 10.2. The Labute approximate surface area is 98.3 Å². The van der Waals surface area contributed by atoms with Crippen LogP contribution in [-0.4, -0.2) is 0 Å². The molecule has 0 aliphatic carbocycles. The standard InChI is InChI=1S/C16H20/c1-3-4-8-13(2)15-12-7-10-14-9-5-6-11-16(14)15/h5-7,9-13H,3-4,8H2,1-2H3. The summed E-state index contributed by atoms with van der Waals surface area (Å²) in [7, 11) is 0. The van der Waals surface area contributed by atoms with E-state index >= 15 is 0 Å². The van der Waals surface area contributed by atoms with Gasteiger partial charge in [-0.1, -0.05) is 69.2 Å². The van der Waals surface area contributed by atoms with Gasteiger partial charge in [0.25, 0.3) is 0 Å². The van der Waals surface area contributed by atoms with Crippen molar-refractivity contribution in [1.82, 2.24) is 0 Å². The number of fused-ring (bicyclic) bond motifs is 1.